The van der Waals surface area contributed by atoms with Crippen LogP contribution < -0.4 is 10.6 Å². The van der Waals surface area contributed by atoms with E-state index in [4.69, 9.17) is 0 Å². The number of nitrogens with one attached hydrogen (secondary N) is 3. The van der Waals surface area contributed by atoms with E-state index in [1.165, 1.54) is 0 Å². The van der Waals surface area contributed by atoms with Gasteiger partial charge in [-0.05, 0) is 44.4 Å². The van der Waals surface area contributed by atoms with E-state index >= 15 is 0 Å². The van der Waals surface area contributed by atoms with Crippen LogP contribution in [-0.4, -0.2) is 47.6 Å². The number of benzene rings is 1. The van der Waals surface area contributed by atoms with Gasteiger partial charge in [0, 0.05) is 11.4 Å². The summed E-state index contributed by atoms with van der Waals surface area (Å²) in [4.78, 5) is 25.3. The molecule has 1 heterocycles. The number of H-pyrrole nitrogens is 1. The standard InChI is InChI=1S/C15H17F2N5O2/c1-22(2)8-13(23)18-9-3-5-10(6-4-9)19-15(24)12-7-11(14(16)17)20-21-12/h3-7,14H,8H2,1-2H3,(H,18,23)(H,19,24)(H,20,21). The highest BCUT2D eigenvalue weighted by atomic mass is 19.3. The smallest absolute Gasteiger partial charge is 0.279 e. The first kappa shape index (κ1) is 17.5. The largest absolute Gasteiger partial charge is 0.325 e. The Labute approximate surface area is 137 Å². The molecule has 2 amide bonds. The van der Waals surface area contributed by atoms with Crippen LogP contribution in [0.5, 0.6) is 0 Å². The maximum Gasteiger partial charge on any atom is 0.279 e. The zero-order chi connectivity index (χ0) is 17.7. The minimum atomic E-state index is -2.72. The monoisotopic (exact) mass is 337 g/mol. The average Bonchev–Trinajstić information content (AvgIpc) is 2.98. The van der Waals surface area contributed by atoms with Crippen molar-refractivity contribution in [3.8, 4) is 0 Å². The van der Waals surface area contributed by atoms with E-state index in [2.05, 4.69) is 20.8 Å². The van der Waals surface area contributed by atoms with Gasteiger partial charge < -0.3 is 15.5 Å². The molecule has 0 radical (unpaired) electrons. The van der Waals surface area contributed by atoms with Gasteiger partial charge in [0.2, 0.25) is 5.91 Å². The number of alkyl halides is 2. The number of carbonyl (C=O) groups is 2. The van der Waals surface area contributed by atoms with Crippen molar-refractivity contribution < 1.29 is 18.4 Å². The van der Waals surface area contributed by atoms with Crippen molar-refractivity contribution in [2.24, 2.45) is 0 Å². The van der Waals surface area contributed by atoms with Gasteiger partial charge in [-0.15, -0.1) is 0 Å². The fourth-order valence-corrected chi connectivity index (χ4v) is 1.88. The average molecular weight is 337 g/mol. The van der Waals surface area contributed by atoms with Gasteiger partial charge in [-0.1, -0.05) is 0 Å². The van der Waals surface area contributed by atoms with Crippen LogP contribution in [0.3, 0.4) is 0 Å². The fraction of sp³-hybridized carbons (Fsp3) is 0.267. The Bertz CT molecular complexity index is 713. The van der Waals surface area contributed by atoms with Crippen LogP contribution in [0.25, 0.3) is 0 Å². The number of carbonyl (C=O) groups excluding carboxylic acids is 2. The molecule has 0 saturated carbocycles. The molecule has 2 aromatic rings. The topological polar surface area (TPSA) is 90.1 Å². The fourth-order valence-electron chi connectivity index (χ4n) is 1.88. The first-order chi connectivity index (χ1) is 11.3. The van der Waals surface area contributed by atoms with Gasteiger partial charge in [-0.3, -0.25) is 14.7 Å². The van der Waals surface area contributed by atoms with Crippen molar-refractivity contribution in [3.05, 3.63) is 41.7 Å². The van der Waals surface area contributed by atoms with Crippen LogP contribution in [0.15, 0.2) is 30.3 Å². The van der Waals surface area contributed by atoms with Crippen LogP contribution in [-0.2, 0) is 4.79 Å². The third-order valence-electron chi connectivity index (χ3n) is 2.95. The lowest BCUT2D eigenvalue weighted by molar-refractivity contribution is -0.116. The Morgan fingerprint density at radius 1 is 1.17 bits per heavy atom. The number of rotatable bonds is 6. The van der Waals surface area contributed by atoms with Crippen LogP contribution in [0, 0.1) is 0 Å². The molecule has 1 aromatic heterocycles. The minimum absolute atomic E-state index is 0.131. The summed E-state index contributed by atoms with van der Waals surface area (Å²) in [6.45, 7) is 0.254. The second-order valence-corrected chi connectivity index (χ2v) is 5.33. The second-order valence-electron chi connectivity index (χ2n) is 5.33. The number of likely N-dealkylation sites (N-methyl/N-ethyl adjacent to an activating group) is 1. The zero-order valence-corrected chi connectivity index (χ0v) is 13.1. The quantitative estimate of drug-likeness (QED) is 0.753. The normalized spacial score (nSPS) is 10.9. The zero-order valence-electron chi connectivity index (χ0n) is 13.1. The lowest BCUT2D eigenvalue weighted by atomic mass is 10.2. The molecule has 0 unspecified atom stereocenters. The van der Waals surface area contributed by atoms with Gasteiger partial charge in [0.25, 0.3) is 12.3 Å². The molecule has 0 saturated heterocycles. The number of anilines is 2. The highest BCUT2D eigenvalue weighted by Crippen LogP contribution is 2.18. The Morgan fingerprint density at radius 3 is 2.25 bits per heavy atom. The van der Waals surface area contributed by atoms with Gasteiger partial charge >= 0.3 is 0 Å². The number of aromatic nitrogens is 2. The maximum atomic E-state index is 12.5. The molecular formula is C15H17F2N5O2. The Morgan fingerprint density at radius 2 is 1.75 bits per heavy atom. The SMILES string of the molecule is CN(C)CC(=O)Nc1ccc(NC(=O)c2cc(C(F)F)[nH]n2)cc1. The molecule has 128 valence electrons. The highest BCUT2D eigenvalue weighted by molar-refractivity contribution is 6.03. The Hall–Kier alpha value is -2.81. The van der Waals surface area contributed by atoms with E-state index in [9.17, 15) is 18.4 Å². The molecule has 3 N–H and O–H groups in total. The third-order valence-corrected chi connectivity index (χ3v) is 2.95. The summed E-state index contributed by atoms with van der Waals surface area (Å²) in [6.07, 6.45) is -2.72. The maximum absolute atomic E-state index is 12.5. The third kappa shape index (κ3) is 4.85. The van der Waals surface area contributed by atoms with Crippen molar-refractivity contribution in [2.45, 2.75) is 6.43 Å². The van der Waals surface area contributed by atoms with Crippen molar-refractivity contribution in [2.75, 3.05) is 31.3 Å². The first-order valence-electron chi connectivity index (χ1n) is 7.04. The van der Waals surface area contributed by atoms with Crippen LogP contribution in [0.2, 0.25) is 0 Å². The van der Waals surface area contributed by atoms with Gasteiger partial charge in [0.1, 0.15) is 5.69 Å². The Balaban J connectivity index is 1.95. The van der Waals surface area contributed by atoms with Gasteiger partial charge in [-0.2, -0.15) is 5.10 Å². The van der Waals surface area contributed by atoms with E-state index in [0.717, 1.165) is 6.07 Å². The minimum Gasteiger partial charge on any atom is -0.325 e. The number of aromatic amines is 1. The van der Waals surface area contributed by atoms with E-state index in [1.807, 2.05) is 0 Å². The lowest BCUT2D eigenvalue weighted by Crippen LogP contribution is -2.27. The number of nitrogens with zero attached hydrogens (tertiary/aromatic N) is 2. The predicted molar refractivity (Wildman–Crippen MR) is 85.1 cm³/mol. The summed E-state index contributed by atoms with van der Waals surface area (Å²) in [5.74, 6) is -0.768. The van der Waals surface area contributed by atoms with E-state index < -0.39 is 18.0 Å². The van der Waals surface area contributed by atoms with Gasteiger partial charge in [0.15, 0.2) is 5.69 Å². The van der Waals surface area contributed by atoms with Crippen LogP contribution in [0.1, 0.15) is 22.6 Å². The molecule has 0 bridgehead atoms. The van der Waals surface area contributed by atoms with E-state index in [1.54, 1.807) is 43.3 Å². The van der Waals surface area contributed by atoms with Crippen LogP contribution in [0.4, 0.5) is 20.2 Å². The number of hydrogen-bond acceptors (Lipinski definition) is 4. The Kier molecular flexibility index (Phi) is 5.59. The summed E-state index contributed by atoms with van der Waals surface area (Å²) in [6, 6.07) is 7.42. The molecule has 0 aliphatic heterocycles. The molecule has 9 heteroatoms. The molecule has 0 aliphatic rings. The summed E-state index contributed by atoms with van der Waals surface area (Å²) in [5, 5.41) is 10.9. The molecule has 24 heavy (non-hydrogen) atoms. The molecule has 0 atom stereocenters. The summed E-state index contributed by atoms with van der Waals surface area (Å²) >= 11 is 0. The summed E-state index contributed by atoms with van der Waals surface area (Å²) < 4.78 is 24.9. The van der Waals surface area contributed by atoms with Crippen molar-refractivity contribution in [1.29, 1.82) is 0 Å². The van der Waals surface area contributed by atoms with Crippen molar-refractivity contribution in [3.63, 3.8) is 0 Å². The van der Waals surface area contributed by atoms with Crippen molar-refractivity contribution >= 4 is 23.2 Å². The number of halogens is 2. The first-order valence-corrected chi connectivity index (χ1v) is 7.04. The predicted octanol–water partition coefficient (Wildman–Crippen LogP) is 2.10. The molecule has 0 spiro atoms. The molecule has 0 aliphatic carbocycles. The molecule has 2 rings (SSSR count). The van der Waals surface area contributed by atoms with Gasteiger partial charge in [0.05, 0.1) is 6.54 Å². The molecule has 0 fully saturated rings. The number of hydrogen-bond donors (Lipinski definition) is 3. The van der Waals surface area contributed by atoms with Gasteiger partial charge in [-0.25, -0.2) is 8.78 Å². The highest BCUT2D eigenvalue weighted by Gasteiger charge is 2.15. The number of amides is 2. The van der Waals surface area contributed by atoms with E-state index in [-0.39, 0.29) is 18.1 Å². The van der Waals surface area contributed by atoms with E-state index in [0.29, 0.717) is 11.4 Å². The molecule has 1 aromatic carbocycles. The molecule has 7 nitrogen and oxygen atoms in total. The molecular weight excluding hydrogens is 320 g/mol. The van der Waals surface area contributed by atoms with Crippen LogP contribution >= 0.6 is 0 Å². The summed E-state index contributed by atoms with van der Waals surface area (Å²) in [7, 11) is 3.57. The second kappa shape index (κ2) is 7.64. The lowest BCUT2D eigenvalue weighted by Gasteiger charge is -2.10. The van der Waals surface area contributed by atoms with Crippen molar-refractivity contribution in [1.82, 2.24) is 15.1 Å². The summed E-state index contributed by atoms with van der Waals surface area (Å²) in [5.41, 5.74) is 0.486.